The molecule has 0 aliphatic heterocycles. The summed E-state index contributed by atoms with van der Waals surface area (Å²) in [5.74, 6) is -0.860. The maximum absolute atomic E-state index is 13.6. The van der Waals surface area contributed by atoms with Crippen molar-refractivity contribution in [3.63, 3.8) is 0 Å². The van der Waals surface area contributed by atoms with E-state index in [0.717, 1.165) is 11.1 Å². The number of methoxy groups -OCH3 is 2. The lowest BCUT2D eigenvalue weighted by Gasteiger charge is -2.04. The van der Waals surface area contributed by atoms with Crippen LogP contribution in [0.15, 0.2) is 48.5 Å². The number of esters is 1. The van der Waals surface area contributed by atoms with Gasteiger partial charge in [-0.15, -0.1) is 10.2 Å². The van der Waals surface area contributed by atoms with E-state index in [2.05, 4.69) is 15.3 Å². The second-order valence-electron chi connectivity index (χ2n) is 7.46. The Balaban J connectivity index is 1.83. The quantitative estimate of drug-likeness (QED) is 0.341. The molecule has 11 heteroatoms. The highest BCUT2D eigenvalue weighted by molar-refractivity contribution is 6.30. The summed E-state index contributed by atoms with van der Waals surface area (Å²) in [6.07, 6.45) is -0.113. The fraction of sp³-hybridized carbons (Fsp3) is 0.174. The molecule has 0 aliphatic rings. The van der Waals surface area contributed by atoms with Crippen LogP contribution < -0.4 is 0 Å². The summed E-state index contributed by atoms with van der Waals surface area (Å²) in [4.78, 5) is 12.0. The Bertz CT molecular complexity index is 1510. The average molecular weight is 481 g/mol. The number of rotatable bonds is 6. The minimum atomic E-state index is -0.477. The molecule has 0 atom stereocenters. The fourth-order valence-corrected chi connectivity index (χ4v) is 3.89. The van der Waals surface area contributed by atoms with E-state index in [0.29, 0.717) is 38.9 Å². The first-order chi connectivity index (χ1) is 16.5. The van der Waals surface area contributed by atoms with Crippen LogP contribution >= 0.6 is 11.6 Å². The van der Waals surface area contributed by atoms with Crippen LogP contribution in [0.4, 0.5) is 4.39 Å². The number of aromatic nitrogens is 6. The summed E-state index contributed by atoms with van der Waals surface area (Å²) in [6.45, 7) is 0.225. The zero-order valence-electron chi connectivity index (χ0n) is 18.2. The Hall–Kier alpha value is -3.89. The molecule has 0 N–H and O–H groups in total. The van der Waals surface area contributed by atoms with Crippen LogP contribution in [0, 0.1) is 5.82 Å². The molecule has 34 heavy (non-hydrogen) atoms. The molecule has 0 aliphatic carbocycles. The first-order valence-corrected chi connectivity index (χ1v) is 10.6. The van der Waals surface area contributed by atoms with Gasteiger partial charge in [-0.1, -0.05) is 23.7 Å². The largest absolute Gasteiger partial charge is 0.469 e. The molecule has 9 nitrogen and oxygen atoms in total. The van der Waals surface area contributed by atoms with Crippen molar-refractivity contribution in [1.29, 1.82) is 0 Å². The van der Waals surface area contributed by atoms with Crippen LogP contribution in [0.5, 0.6) is 0 Å². The third-order valence-electron chi connectivity index (χ3n) is 5.31. The normalized spacial score (nSPS) is 11.4. The van der Waals surface area contributed by atoms with Crippen molar-refractivity contribution in [3.8, 4) is 16.8 Å². The van der Waals surface area contributed by atoms with E-state index in [1.165, 1.54) is 19.2 Å². The van der Waals surface area contributed by atoms with Crippen molar-refractivity contribution in [1.82, 2.24) is 29.6 Å². The maximum atomic E-state index is 13.6. The molecule has 2 aromatic carbocycles. The Kier molecular flexibility index (Phi) is 5.68. The number of hydrogen-bond acceptors (Lipinski definition) is 7. The van der Waals surface area contributed by atoms with Gasteiger partial charge in [0.15, 0.2) is 16.8 Å². The standard InChI is InChI=1S/C23H18ClFN6O3/c1-33-12-18-20(13-3-5-14(24)6-4-13)22-27-26-21-17(11-19(32)34-2)28-30(23(21)31(22)29-18)16-9-7-15(25)8-10-16/h3-10H,11-12H2,1-2H3. The van der Waals surface area contributed by atoms with Gasteiger partial charge in [-0.2, -0.15) is 14.7 Å². The van der Waals surface area contributed by atoms with Crippen molar-refractivity contribution >= 4 is 34.4 Å². The molecule has 5 aromatic rings. The second-order valence-corrected chi connectivity index (χ2v) is 7.89. The Morgan fingerprint density at radius 3 is 2.41 bits per heavy atom. The first kappa shape index (κ1) is 21.9. The van der Waals surface area contributed by atoms with Crippen LogP contribution in [0.25, 0.3) is 33.6 Å². The van der Waals surface area contributed by atoms with Gasteiger partial charge >= 0.3 is 5.97 Å². The van der Waals surface area contributed by atoms with E-state index in [1.807, 2.05) is 12.1 Å². The second kappa shape index (κ2) is 8.81. The Morgan fingerprint density at radius 1 is 1.00 bits per heavy atom. The molecule has 5 rings (SSSR count). The summed E-state index contributed by atoms with van der Waals surface area (Å²) >= 11 is 6.08. The van der Waals surface area contributed by atoms with Crippen LogP contribution in [-0.4, -0.2) is 49.8 Å². The lowest BCUT2D eigenvalue weighted by molar-refractivity contribution is -0.139. The van der Waals surface area contributed by atoms with Crippen molar-refractivity contribution in [2.45, 2.75) is 13.0 Å². The number of nitrogens with zero attached hydrogens (tertiary/aromatic N) is 6. The van der Waals surface area contributed by atoms with Crippen LogP contribution in [-0.2, 0) is 27.3 Å². The number of carbonyl (C=O) groups excluding carboxylic acids is 1. The molecular formula is C23H18ClFN6O3. The third kappa shape index (κ3) is 3.76. The van der Waals surface area contributed by atoms with E-state index < -0.39 is 5.97 Å². The van der Waals surface area contributed by atoms with E-state index in [-0.39, 0.29) is 18.8 Å². The molecule has 0 bridgehead atoms. The highest BCUT2D eigenvalue weighted by Gasteiger charge is 2.24. The summed E-state index contributed by atoms with van der Waals surface area (Å²) in [5.41, 5.74) is 4.43. The van der Waals surface area contributed by atoms with Gasteiger partial charge in [-0.25, -0.2) is 9.07 Å². The maximum Gasteiger partial charge on any atom is 0.311 e. The number of hydrogen-bond donors (Lipinski definition) is 0. The van der Waals surface area contributed by atoms with Gasteiger partial charge in [0.2, 0.25) is 0 Å². The van der Waals surface area contributed by atoms with Gasteiger partial charge in [-0.3, -0.25) is 4.79 Å². The highest BCUT2D eigenvalue weighted by atomic mass is 35.5. The monoisotopic (exact) mass is 480 g/mol. The third-order valence-corrected chi connectivity index (χ3v) is 5.56. The first-order valence-electron chi connectivity index (χ1n) is 10.2. The summed E-state index contributed by atoms with van der Waals surface area (Å²) in [5, 5.41) is 18.7. The van der Waals surface area contributed by atoms with E-state index in [9.17, 15) is 9.18 Å². The smallest absolute Gasteiger partial charge is 0.311 e. The molecule has 0 radical (unpaired) electrons. The predicted octanol–water partition coefficient (Wildman–Crippen LogP) is 3.78. The Morgan fingerprint density at radius 2 is 1.74 bits per heavy atom. The van der Waals surface area contributed by atoms with Crippen LogP contribution in [0.3, 0.4) is 0 Å². The van der Waals surface area contributed by atoms with Gasteiger partial charge < -0.3 is 9.47 Å². The number of fused-ring (bicyclic) bond motifs is 3. The van der Waals surface area contributed by atoms with Gasteiger partial charge in [0.1, 0.15) is 11.5 Å². The summed E-state index contributed by atoms with van der Waals surface area (Å²) < 4.78 is 27.0. The number of ether oxygens (including phenoxy) is 2. The minimum absolute atomic E-state index is 0.113. The van der Waals surface area contributed by atoms with Crippen LogP contribution in [0.2, 0.25) is 5.02 Å². The fourth-order valence-electron chi connectivity index (χ4n) is 3.77. The minimum Gasteiger partial charge on any atom is -0.469 e. The predicted molar refractivity (Wildman–Crippen MR) is 122 cm³/mol. The lowest BCUT2D eigenvalue weighted by atomic mass is 10.1. The zero-order chi connectivity index (χ0) is 23.8. The van der Waals surface area contributed by atoms with Crippen molar-refractivity contribution in [2.75, 3.05) is 14.2 Å². The molecule has 3 heterocycles. The Labute approximate surface area is 197 Å². The molecule has 0 saturated heterocycles. The topological polar surface area (TPSA) is 96.4 Å². The average Bonchev–Trinajstić information content (AvgIpc) is 3.38. The number of benzene rings is 2. The molecule has 0 spiro atoms. The van der Waals surface area contributed by atoms with E-state index >= 15 is 0 Å². The molecule has 3 aromatic heterocycles. The SMILES string of the molecule is COCc1nn2c(nnc3c(CC(=O)OC)nn(-c4ccc(F)cc4)c32)c1-c1ccc(Cl)cc1. The molecule has 0 amide bonds. The summed E-state index contributed by atoms with van der Waals surface area (Å²) in [7, 11) is 2.88. The zero-order valence-corrected chi connectivity index (χ0v) is 19.0. The molecular weight excluding hydrogens is 463 g/mol. The van der Waals surface area contributed by atoms with Crippen LogP contribution in [0.1, 0.15) is 11.4 Å². The van der Waals surface area contributed by atoms with E-state index in [4.69, 9.17) is 26.2 Å². The van der Waals surface area contributed by atoms with Crippen molar-refractivity contribution in [3.05, 3.63) is 70.8 Å². The van der Waals surface area contributed by atoms with Gasteiger partial charge in [0.25, 0.3) is 0 Å². The van der Waals surface area contributed by atoms with E-state index in [1.54, 1.807) is 40.6 Å². The summed E-state index contributed by atoms with van der Waals surface area (Å²) in [6, 6.07) is 13.1. The molecule has 0 fully saturated rings. The highest BCUT2D eigenvalue weighted by Crippen LogP contribution is 2.31. The van der Waals surface area contributed by atoms with Gasteiger partial charge in [-0.05, 0) is 42.0 Å². The van der Waals surface area contributed by atoms with Gasteiger partial charge in [0, 0.05) is 12.1 Å². The molecule has 172 valence electrons. The number of halogens is 2. The van der Waals surface area contributed by atoms with Gasteiger partial charge in [0.05, 0.1) is 37.1 Å². The molecule has 0 saturated carbocycles. The number of carbonyl (C=O) groups is 1. The van der Waals surface area contributed by atoms with Crippen molar-refractivity contribution in [2.24, 2.45) is 0 Å². The molecule has 0 unspecified atom stereocenters. The lowest BCUT2D eigenvalue weighted by Crippen LogP contribution is -2.06. The van der Waals surface area contributed by atoms with Crippen molar-refractivity contribution < 1.29 is 18.7 Å².